The summed E-state index contributed by atoms with van der Waals surface area (Å²) in [6.45, 7) is 2.74. The van der Waals surface area contributed by atoms with Crippen LogP contribution in [0.3, 0.4) is 0 Å². The van der Waals surface area contributed by atoms with E-state index in [2.05, 4.69) is 41.5 Å². The van der Waals surface area contributed by atoms with Crippen molar-refractivity contribution in [1.29, 1.82) is 0 Å². The third-order valence-corrected chi connectivity index (χ3v) is 2.87. The van der Waals surface area contributed by atoms with Crippen molar-refractivity contribution in [3.05, 3.63) is 59.3 Å². The first-order valence-corrected chi connectivity index (χ1v) is 6.21. The maximum absolute atomic E-state index is 10.8. The molecule has 0 aliphatic heterocycles. The van der Waals surface area contributed by atoms with Crippen LogP contribution in [0.25, 0.3) is 0 Å². The first kappa shape index (κ1) is 13.1. The number of nitrogens with one attached hydrogen (secondary N) is 1. The van der Waals surface area contributed by atoms with Gasteiger partial charge >= 0.3 is 5.97 Å². The molecule has 1 heterocycles. The average Bonchev–Trinajstić information content (AvgIpc) is 2.46. The van der Waals surface area contributed by atoms with Crippen molar-refractivity contribution in [2.75, 3.05) is 5.32 Å². The smallest absolute Gasteiger partial charge is 0.354 e. The van der Waals surface area contributed by atoms with Gasteiger partial charge in [0.25, 0.3) is 0 Å². The molecule has 0 atom stereocenters. The Balaban J connectivity index is 2.01. The number of nitrogens with zero attached hydrogens (tertiary/aromatic N) is 1. The molecular formula is C15H16N2O2. The van der Waals surface area contributed by atoms with Crippen molar-refractivity contribution < 1.29 is 9.90 Å². The summed E-state index contributed by atoms with van der Waals surface area (Å²) in [4.78, 5) is 14.8. The highest BCUT2D eigenvalue weighted by molar-refractivity contribution is 5.85. The number of aromatic nitrogens is 1. The van der Waals surface area contributed by atoms with Gasteiger partial charge in [-0.25, -0.2) is 9.78 Å². The van der Waals surface area contributed by atoms with E-state index in [1.165, 1.54) is 11.6 Å². The van der Waals surface area contributed by atoms with E-state index in [4.69, 9.17) is 5.11 Å². The fraction of sp³-hybridized carbons (Fsp3) is 0.200. The molecule has 4 heteroatoms. The number of pyridine rings is 1. The lowest BCUT2D eigenvalue weighted by Gasteiger charge is -2.07. The van der Waals surface area contributed by atoms with Crippen LogP contribution in [0.4, 0.5) is 5.82 Å². The van der Waals surface area contributed by atoms with Gasteiger partial charge in [-0.15, -0.1) is 0 Å². The Morgan fingerprint density at radius 3 is 2.47 bits per heavy atom. The van der Waals surface area contributed by atoms with Crippen LogP contribution in [0, 0.1) is 0 Å². The van der Waals surface area contributed by atoms with Crippen molar-refractivity contribution in [3.63, 3.8) is 0 Å². The van der Waals surface area contributed by atoms with Gasteiger partial charge in [-0.3, -0.25) is 0 Å². The lowest BCUT2D eigenvalue weighted by molar-refractivity contribution is 0.0690. The number of carbonyl (C=O) groups is 1. The van der Waals surface area contributed by atoms with E-state index < -0.39 is 5.97 Å². The Hall–Kier alpha value is -2.36. The summed E-state index contributed by atoms with van der Waals surface area (Å²) in [7, 11) is 0. The largest absolute Gasteiger partial charge is 0.477 e. The highest BCUT2D eigenvalue weighted by Gasteiger charge is 2.04. The Morgan fingerprint density at radius 1 is 1.16 bits per heavy atom. The number of benzene rings is 1. The Morgan fingerprint density at radius 2 is 1.84 bits per heavy atom. The molecule has 2 aromatic rings. The van der Waals surface area contributed by atoms with E-state index >= 15 is 0 Å². The van der Waals surface area contributed by atoms with Gasteiger partial charge in [0, 0.05) is 6.54 Å². The predicted octanol–water partition coefficient (Wildman–Crippen LogP) is 2.95. The number of anilines is 1. The van der Waals surface area contributed by atoms with Crippen LogP contribution in [-0.4, -0.2) is 16.1 Å². The summed E-state index contributed by atoms with van der Waals surface area (Å²) in [5, 5.41) is 12.0. The van der Waals surface area contributed by atoms with Gasteiger partial charge in [0.05, 0.1) is 0 Å². The molecule has 0 saturated heterocycles. The van der Waals surface area contributed by atoms with Gasteiger partial charge in [0.1, 0.15) is 5.82 Å². The third-order valence-electron chi connectivity index (χ3n) is 2.87. The second-order valence-corrected chi connectivity index (χ2v) is 4.24. The van der Waals surface area contributed by atoms with E-state index in [1.54, 1.807) is 12.1 Å². The van der Waals surface area contributed by atoms with Crippen LogP contribution in [0.5, 0.6) is 0 Å². The summed E-state index contributed by atoms with van der Waals surface area (Å²) in [6, 6.07) is 13.2. The molecule has 4 nitrogen and oxygen atoms in total. The van der Waals surface area contributed by atoms with Crippen LogP contribution < -0.4 is 5.32 Å². The molecule has 0 bridgehead atoms. The van der Waals surface area contributed by atoms with Gasteiger partial charge < -0.3 is 10.4 Å². The molecular weight excluding hydrogens is 240 g/mol. The van der Waals surface area contributed by atoms with Crippen molar-refractivity contribution in [3.8, 4) is 0 Å². The van der Waals surface area contributed by atoms with Gasteiger partial charge in [-0.1, -0.05) is 37.3 Å². The molecule has 1 aromatic carbocycles. The molecule has 2 N–H and O–H groups in total. The van der Waals surface area contributed by atoms with Gasteiger partial charge in [0.2, 0.25) is 0 Å². The van der Waals surface area contributed by atoms with Crippen molar-refractivity contribution in [2.45, 2.75) is 19.9 Å². The van der Waals surface area contributed by atoms with Crippen LogP contribution in [0.1, 0.15) is 28.5 Å². The number of hydrogen-bond donors (Lipinski definition) is 2. The molecule has 0 radical (unpaired) electrons. The van der Waals surface area contributed by atoms with Gasteiger partial charge in [0.15, 0.2) is 5.69 Å². The Kier molecular flexibility index (Phi) is 4.13. The molecule has 0 saturated carbocycles. The van der Waals surface area contributed by atoms with E-state index in [9.17, 15) is 4.79 Å². The second kappa shape index (κ2) is 6.00. The van der Waals surface area contributed by atoms with E-state index in [-0.39, 0.29) is 5.69 Å². The van der Waals surface area contributed by atoms with Crippen molar-refractivity contribution in [1.82, 2.24) is 4.98 Å². The quantitative estimate of drug-likeness (QED) is 0.863. The molecule has 98 valence electrons. The molecule has 0 unspecified atom stereocenters. The minimum absolute atomic E-state index is 0.0475. The zero-order valence-corrected chi connectivity index (χ0v) is 10.8. The number of carboxylic acids is 1. The van der Waals surface area contributed by atoms with Crippen LogP contribution in [0.15, 0.2) is 42.5 Å². The SMILES string of the molecule is CCc1ccc(CNc2cccc(C(=O)O)n2)cc1. The topological polar surface area (TPSA) is 62.2 Å². The molecule has 1 aromatic heterocycles. The molecule has 19 heavy (non-hydrogen) atoms. The fourth-order valence-electron chi connectivity index (χ4n) is 1.74. The number of aryl methyl sites for hydroxylation is 1. The normalized spacial score (nSPS) is 10.2. The number of hydrogen-bond acceptors (Lipinski definition) is 3. The summed E-state index contributed by atoms with van der Waals surface area (Å²) in [5.41, 5.74) is 2.49. The average molecular weight is 256 g/mol. The van der Waals surface area contributed by atoms with Crippen LogP contribution in [0.2, 0.25) is 0 Å². The zero-order valence-electron chi connectivity index (χ0n) is 10.8. The molecule has 0 spiro atoms. The second-order valence-electron chi connectivity index (χ2n) is 4.24. The van der Waals surface area contributed by atoms with Crippen molar-refractivity contribution >= 4 is 11.8 Å². The van der Waals surface area contributed by atoms with Gasteiger partial charge in [-0.2, -0.15) is 0 Å². The van der Waals surface area contributed by atoms with E-state index in [1.807, 2.05) is 0 Å². The highest BCUT2D eigenvalue weighted by atomic mass is 16.4. The standard InChI is InChI=1S/C15H16N2O2/c1-2-11-6-8-12(9-7-11)10-16-14-5-3-4-13(17-14)15(18)19/h3-9H,2,10H2,1H3,(H,16,17)(H,18,19). The summed E-state index contributed by atoms with van der Waals surface area (Å²) >= 11 is 0. The monoisotopic (exact) mass is 256 g/mol. The van der Waals surface area contributed by atoms with Crippen LogP contribution >= 0.6 is 0 Å². The lowest BCUT2D eigenvalue weighted by Crippen LogP contribution is -2.05. The summed E-state index contributed by atoms with van der Waals surface area (Å²) in [5.74, 6) is -0.449. The molecule has 0 aliphatic rings. The Bertz CT molecular complexity index is 565. The van der Waals surface area contributed by atoms with Crippen molar-refractivity contribution in [2.24, 2.45) is 0 Å². The zero-order chi connectivity index (χ0) is 13.7. The van der Waals surface area contributed by atoms with E-state index in [0.717, 1.165) is 12.0 Å². The fourth-order valence-corrected chi connectivity index (χ4v) is 1.74. The number of aromatic carboxylic acids is 1. The first-order chi connectivity index (χ1) is 9.19. The maximum atomic E-state index is 10.8. The number of carboxylic acid groups (broad SMARTS) is 1. The number of rotatable bonds is 5. The van der Waals surface area contributed by atoms with Gasteiger partial charge in [-0.05, 0) is 29.7 Å². The predicted molar refractivity (Wildman–Crippen MR) is 74.3 cm³/mol. The lowest BCUT2D eigenvalue weighted by atomic mass is 10.1. The first-order valence-electron chi connectivity index (χ1n) is 6.21. The third kappa shape index (κ3) is 3.55. The van der Waals surface area contributed by atoms with Crippen LogP contribution in [-0.2, 0) is 13.0 Å². The molecule has 0 amide bonds. The molecule has 0 aliphatic carbocycles. The Labute approximate surface area is 112 Å². The summed E-state index contributed by atoms with van der Waals surface area (Å²) < 4.78 is 0. The van der Waals surface area contributed by atoms with E-state index in [0.29, 0.717) is 12.4 Å². The minimum atomic E-state index is -1.02. The molecule has 2 rings (SSSR count). The minimum Gasteiger partial charge on any atom is -0.477 e. The highest BCUT2D eigenvalue weighted by Crippen LogP contribution is 2.09. The summed E-state index contributed by atoms with van der Waals surface area (Å²) in [6.07, 6.45) is 1.02. The maximum Gasteiger partial charge on any atom is 0.354 e. The molecule has 0 fully saturated rings.